The molecule has 0 atom stereocenters. The average Bonchev–Trinajstić information content (AvgIpc) is 2.43. The number of oxazole rings is 1. The Balaban J connectivity index is 2.87. The van der Waals surface area contributed by atoms with Crippen LogP contribution in [0.1, 0.15) is 42.9 Å². The largest absolute Gasteiger partial charge is 0.455 e. The predicted octanol–water partition coefficient (Wildman–Crippen LogP) is 1.40. The van der Waals surface area contributed by atoms with E-state index in [9.17, 15) is 4.79 Å². The van der Waals surface area contributed by atoms with Gasteiger partial charge in [0.05, 0.1) is 6.54 Å². The molecule has 5 heteroatoms. The van der Waals surface area contributed by atoms with Crippen LogP contribution in [-0.2, 0) is 11.3 Å². The maximum absolute atomic E-state index is 11.6. The molecule has 1 aromatic rings. The maximum atomic E-state index is 11.6. The van der Waals surface area contributed by atoms with Gasteiger partial charge in [0.1, 0.15) is 11.4 Å². The van der Waals surface area contributed by atoms with Crippen molar-refractivity contribution in [3.8, 4) is 0 Å². The lowest BCUT2D eigenvalue weighted by Crippen LogP contribution is -2.24. The molecule has 0 spiro atoms. The number of rotatable bonds is 2. The normalized spacial score (nSPS) is 11.5. The summed E-state index contributed by atoms with van der Waals surface area (Å²) in [4.78, 5) is 15.6. The lowest BCUT2D eigenvalue weighted by Gasteiger charge is -2.18. The van der Waals surface area contributed by atoms with E-state index >= 15 is 0 Å². The van der Waals surface area contributed by atoms with Crippen molar-refractivity contribution in [1.29, 1.82) is 0 Å². The third-order valence-electron chi connectivity index (χ3n) is 1.61. The zero-order chi connectivity index (χ0) is 11.6. The van der Waals surface area contributed by atoms with Gasteiger partial charge in [-0.25, -0.2) is 9.78 Å². The third-order valence-corrected chi connectivity index (χ3v) is 1.61. The first kappa shape index (κ1) is 11.7. The van der Waals surface area contributed by atoms with Gasteiger partial charge >= 0.3 is 5.97 Å². The lowest BCUT2D eigenvalue weighted by molar-refractivity contribution is 0.00617. The van der Waals surface area contributed by atoms with Crippen molar-refractivity contribution in [2.24, 2.45) is 5.73 Å². The molecule has 1 heterocycles. The van der Waals surface area contributed by atoms with E-state index in [1.54, 1.807) is 27.7 Å². The first-order valence-electron chi connectivity index (χ1n) is 4.73. The van der Waals surface area contributed by atoms with Crippen LogP contribution in [0.15, 0.2) is 4.42 Å². The summed E-state index contributed by atoms with van der Waals surface area (Å²) in [7, 11) is 0. The highest BCUT2D eigenvalue weighted by molar-refractivity contribution is 5.88. The van der Waals surface area contributed by atoms with Gasteiger partial charge in [-0.15, -0.1) is 0 Å². The van der Waals surface area contributed by atoms with Crippen molar-refractivity contribution in [3.05, 3.63) is 17.3 Å². The van der Waals surface area contributed by atoms with Gasteiger partial charge in [-0.05, 0) is 27.7 Å². The summed E-state index contributed by atoms with van der Waals surface area (Å²) in [6.45, 7) is 7.22. The highest BCUT2D eigenvalue weighted by Gasteiger charge is 2.23. The van der Waals surface area contributed by atoms with Gasteiger partial charge in [-0.3, -0.25) is 0 Å². The quantitative estimate of drug-likeness (QED) is 0.749. The zero-order valence-corrected chi connectivity index (χ0v) is 9.46. The number of esters is 1. The molecule has 0 radical (unpaired) electrons. The van der Waals surface area contributed by atoms with Crippen LogP contribution in [0.2, 0.25) is 0 Å². The summed E-state index contributed by atoms with van der Waals surface area (Å²) < 4.78 is 10.3. The van der Waals surface area contributed by atoms with Crippen molar-refractivity contribution in [1.82, 2.24) is 4.98 Å². The van der Waals surface area contributed by atoms with Gasteiger partial charge in [0.15, 0.2) is 5.69 Å². The number of hydrogen-bond donors (Lipinski definition) is 1. The first-order chi connectivity index (χ1) is 6.83. The molecule has 15 heavy (non-hydrogen) atoms. The molecule has 0 fully saturated rings. The van der Waals surface area contributed by atoms with Crippen molar-refractivity contribution in [3.63, 3.8) is 0 Å². The van der Waals surface area contributed by atoms with E-state index in [1.807, 2.05) is 0 Å². The molecule has 0 aliphatic rings. The van der Waals surface area contributed by atoms with Gasteiger partial charge in [0, 0.05) is 0 Å². The van der Waals surface area contributed by atoms with E-state index in [1.165, 1.54) is 0 Å². The number of carbonyl (C=O) groups is 1. The first-order valence-corrected chi connectivity index (χ1v) is 4.73. The van der Waals surface area contributed by atoms with Crippen LogP contribution in [0.25, 0.3) is 0 Å². The standard InChI is InChI=1S/C10H16N2O3/c1-6-8(12-7(5-11)14-6)9(13)15-10(2,3)4/h5,11H2,1-4H3. The van der Waals surface area contributed by atoms with E-state index in [0.29, 0.717) is 11.7 Å². The minimum absolute atomic E-state index is 0.170. The molecule has 0 saturated heterocycles. The highest BCUT2D eigenvalue weighted by Crippen LogP contribution is 2.15. The Morgan fingerprint density at radius 1 is 1.53 bits per heavy atom. The van der Waals surface area contributed by atoms with E-state index < -0.39 is 11.6 Å². The Labute approximate surface area is 88.6 Å². The molecule has 0 amide bonds. The number of nitrogens with two attached hydrogens (primary N) is 1. The van der Waals surface area contributed by atoms with Crippen LogP contribution in [0.3, 0.4) is 0 Å². The number of aryl methyl sites for hydroxylation is 1. The number of ether oxygens (including phenoxy) is 1. The summed E-state index contributed by atoms with van der Waals surface area (Å²) in [5, 5.41) is 0. The van der Waals surface area contributed by atoms with Gasteiger partial charge in [-0.1, -0.05) is 0 Å². The Kier molecular flexibility index (Phi) is 3.14. The van der Waals surface area contributed by atoms with Gasteiger partial charge in [-0.2, -0.15) is 0 Å². The monoisotopic (exact) mass is 212 g/mol. The van der Waals surface area contributed by atoms with E-state index in [0.717, 1.165) is 0 Å². The molecule has 5 nitrogen and oxygen atoms in total. The SMILES string of the molecule is Cc1oc(CN)nc1C(=O)OC(C)(C)C. The second-order valence-electron chi connectivity index (χ2n) is 4.22. The highest BCUT2D eigenvalue weighted by atomic mass is 16.6. The molecule has 0 aromatic carbocycles. The lowest BCUT2D eigenvalue weighted by atomic mass is 10.2. The topological polar surface area (TPSA) is 78.4 Å². The van der Waals surface area contributed by atoms with E-state index in [-0.39, 0.29) is 12.2 Å². The molecule has 0 aliphatic carbocycles. The van der Waals surface area contributed by atoms with Crippen LogP contribution in [0.4, 0.5) is 0 Å². The second-order valence-corrected chi connectivity index (χ2v) is 4.22. The number of hydrogen-bond acceptors (Lipinski definition) is 5. The van der Waals surface area contributed by atoms with E-state index in [4.69, 9.17) is 14.9 Å². The number of aromatic nitrogens is 1. The van der Waals surface area contributed by atoms with E-state index in [2.05, 4.69) is 4.98 Å². The molecule has 0 saturated carbocycles. The van der Waals surface area contributed by atoms with Crippen LogP contribution in [-0.4, -0.2) is 16.6 Å². The smallest absolute Gasteiger partial charge is 0.361 e. The van der Waals surface area contributed by atoms with Crippen LogP contribution >= 0.6 is 0 Å². The summed E-state index contributed by atoms with van der Waals surface area (Å²) in [5.41, 5.74) is 5.01. The minimum atomic E-state index is -0.536. The van der Waals surface area contributed by atoms with Gasteiger partial charge in [0.25, 0.3) is 0 Å². The Bertz CT molecular complexity index is 363. The summed E-state index contributed by atoms with van der Waals surface area (Å²) in [6, 6.07) is 0. The molecule has 2 N–H and O–H groups in total. The summed E-state index contributed by atoms with van der Waals surface area (Å²) in [6.07, 6.45) is 0. The fourth-order valence-electron chi connectivity index (χ4n) is 1.05. The molecular formula is C10H16N2O3. The Morgan fingerprint density at radius 2 is 2.13 bits per heavy atom. The van der Waals surface area contributed by atoms with Gasteiger partial charge < -0.3 is 14.9 Å². The number of carbonyl (C=O) groups excluding carboxylic acids is 1. The van der Waals surface area contributed by atoms with Crippen molar-refractivity contribution >= 4 is 5.97 Å². The molecule has 0 unspecified atom stereocenters. The van der Waals surface area contributed by atoms with Crippen molar-refractivity contribution < 1.29 is 13.9 Å². The average molecular weight is 212 g/mol. The minimum Gasteiger partial charge on any atom is -0.455 e. The summed E-state index contributed by atoms with van der Waals surface area (Å²) >= 11 is 0. The maximum Gasteiger partial charge on any atom is 0.361 e. The summed E-state index contributed by atoms with van der Waals surface area (Å²) in [5.74, 6) is 0.293. The van der Waals surface area contributed by atoms with Crippen molar-refractivity contribution in [2.75, 3.05) is 0 Å². The predicted molar refractivity (Wildman–Crippen MR) is 54.3 cm³/mol. The molecule has 0 bridgehead atoms. The van der Waals surface area contributed by atoms with Crippen LogP contribution in [0, 0.1) is 6.92 Å². The van der Waals surface area contributed by atoms with Crippen LogP contribution < -0.4 is 5.73 Å². The molecule has 84 valence electrons. The molecule has 1 rings (SSSR count). The fourth-order valence-corrected chi connectivity index (χ4v) is 1.05. The molecule has 0 aliphatic heterocycles. The molecule has 1 aromatic heterocycles. The Morgan fingerprint density at radius 3 is 2.53 bits per heavy atom. The third kappa shape index (κ3) is 3.06. The fraction of sp³-hybridized carbons (Fsp3) is 0.600. The van der Waals surface area contributed by atoms with Crippen LogP contribution in [0.5, 0.6) is 0 Å². The van der Waals surface area contributed by atoms with Gasteiger partial charge in [0.2, 0.25) is 5.89 Å². The second kappa shape index (κ2) is 4.02. The zero-order valence-electron chi connectivity index (χ0n) is 9.46. The van der Waals surface area contributed by atoms with Crippen molar-refractivity contribution in [2.45, 2.75) is 39.8 Å². The Hall–Kier alpha value is -1.36. The number of nitrogens with zero attached hydrogens (tertiary/aromatic N) is 1. The molecular weight excluding hydrogens is 196 g/mol.